The van der Waals surface area contributed by atoms with Gasteiger partial charge in [-0.05, 0) is 39.7 Å². The van der Waals surface area contributed by atoms with Gasteiger partial charge in [0, 0.05) is 24.8 Å². The molecule has 0 spiro atoms. The molecule has 0 bridgehead atoms. The predicted molar refractivity (Wildman–Crippen MR) is 80.7 cm³/mol. The van der Waals surface area contributed by atoms with Crippen molar-refractivity contribution in [3.8, 4) is 0 Å². The van der Waals surface area contributed by atoms with Gasteiger partial charge in [-0.1, -0.05) is 24.6 Å². The lowest BCUT2D eigenvalue weighted by molar-refractivity contribution is 0.538. The van der Waals surface area contributed by atoms with Crippen molar-refractivity contribution in [3.63, 3.8) is 0 Å². The summed E-state index contributed by atoms with van der Waals surface area (Å²) < 4.78 is 2.34. The number of nitrogens with zero attached hydrogens (tertiary/aromatic N) is 3. The van der Waals surface area contributed by atoms with Gasteiger partial charge in [-0.2, -0.15) is 0 Å². The second-order valence-electron chi connectivity index (χ2n) is 5.40. The highest BCUT2D eigenvalue weighted by Gasteiger charge is 2.14. The number of aryl methyl sites for hydroxylation is 1. The molecule has 0 saturated carbocycles. The fourth-order valence-electron chi connectivity index (χ4n) is 2.43. The van der Waals surface area contributed by atoms with E-state index < -0.39 is 0 Å². The number of aromatic nitrogens is 3. The lowest BCUT2D eigenvalue weighted by Crippen LogP contribution is -2.20. The number of hydrogen-bond acceptors (Lipinski definition) is 4. The zero-order valence-corrected chi connectivity index (χ0v) is 13.0. The van der Waals surface area contributed by atoms with E-state index in [0.717, 1.165) is 23.9 Å². The van der Waals surface area contributed by atoms with E-state index in [0.29, 0.717) is 6.04 Å². The zero-order chi connectivity index (χ0) is 13.5. The van der Waals surface area contributed by atoms with Crippen LogP contribution in [0.3, 0.4) is 0 Å². The van der Waals surface area contributed by atoms with Gasteiger partial charge in [0.25, 0.3) is 0 Å². The average molecular weight is 282 g/mol. The summed E-state index contributed by atoms with van der Waals surface area (Å²) in [5.41, 5.74) is 0. The molecular formula is C14H26N4S. The molecule has 1 N–H and O–H groups in total. The van der Waals surface area contributed by atoms with Crippen molar-refractivity contribution in [2.24, 2.45) is 0 Å². The van der Waals surface area contributed by atoms with Crippen LogP contribution in [0.2, 0.25) is 0 Å². The highest BCUT2D eigenvalue weighted by molar-refractivity contribution is 7.99. The molecule has 2 rings (SSSR count). The van der Waals surface area contributed by atoms with E-state index in [-0.39, 0.29) is 0 Å². The van der Waals surface area contributed by atoms with Crippen molar-refractivity contribution < 1.29 is 0 Å². The first-order chi connectivity index (χ1) is 9.31. The second kappa shape index (κ2) is 7.90. The van der Waals surface area contributed by atoms with Crippen molar-refractivity contribution in [2.45, 2.75) is 69.6 Å². The Bertz CT molecular complexity index is 378. The Balaban J connectivity index is 1.73. The summed E-state index contributed by atoms with van der Waals surface area (Å²) >= 11 is 1.88. The third-order valence-electron chi connectivity index (χ3n) is 3.83. The third kappa shape index (κ3) is 4.49. The van der Waals surface area contributed by atoms with Crippen molar-refractivity contribution >= 4 is 11.8 Å². The zero-order valence-electron chi connectivity index (χ0n) is 12.2. The van der Waals surface area contributed by atoms with E-state index >= 15 is 0 Å². The predicted octanol–water partition coefficient (Wildman–Crippen LogP) is 2.87. The minimum Gasteiger partial charge on any atom is -0.317 e. The number of fused-ring (bicyclic) bond motifs is 1. The molecule has 2 heterocycles. The van der Waals surface area contributed by atoms with Crippen LogP contribution in [0.4, 0.5) is 0 Å². The van der Waals surface area contributed by atoms with Crippen molar-refractivity contribution in [2.75, 3.05) is 12.8 Å². The molecule has 4 nitrogen and oxygen atoms in total. The number of thioether (sulfide) groups is 1. The Kier molecular flexibility index (Phi) is 6.17. The summed E-state index contributed by atoms with van der Waals surface area (Å²) in [4.78, 5) is 0. The Morgan fingerprint density at radius 1 is 1.26 bits per heavy atom. The van der Waals surface area contributed by atoms with E-state index in [1.165, 1.54) is 44.3 Å². The smallest absolute Gasteiger partial charge is 0.191 e. The van der Waals surface area contributed by atoms with E-state index in [1.807, 2.05) is 18.8 Å². The monoisotopic (exact) mass is 282 g/mol. The van der Waals surface area contributed by atoms with E-state index in [4.69, 9.17) is 0 Å². The first-order valence-corrected chi connectivity index (χ1v) is 8.52. The molecule has 1 aliphatic heterocycles. The summed E-state index contributed by atoms with van der Waals surface area (Å²) in [6.07, 6.45) is 8.79. The van der Waals surface area contributed by atoms with E-state index in [2.05, 4.69) is 27.0 Å². The fourth-order valence-corrected chi connectivity index (χ4v) is 3.41. The maximum Gasteiger partial charge on any atom is 0.191 e. The number of unbranched alkanes of at least 4 members (excludes halogenated alkanes) is 1. The van der Waals surface area contributed by atoms with Gasteiger partial charge in [0.2, 0.25) is 0 Å². The van der Waals surface area contributed by atoms with Gasteiger partial charge in [0.15, 0.2) is 5.16 Å². The number of hydrogen-bond donors (Lipinski definition) is 1. The Labute approximate surface area is 120 Å². The number of nitrogens with one attached hydrogen (secondary N) is 1. The van der Waals surface area contributed by atoms with Crippen LogP contribution in [0.5, 0.6) is 0 Å². The first kappa shape index (κ1) is 14.9. The number of rotatable bonds is 7. The molecule has 108 valence electrons. The minimum absolute atomic E-state index is 0.634. The highest BCUT2D eigenvalue weighted by Crippen LogP contribution is 2.22. The van der Waals surface area contributed by atoms with E-state index in [1.54, 1.807) is 0 Å². The molecule has 0 aliphatic carbocycles. The maximum absolute atomic E-state index is 4.35. The van der Waals surface area contributed by atoms with Gasteiger partial charge >= 0.3 is 0 Å². The minimum atomic E-state index is 0.634. The van der Waals surface area contributed by atoms with Crippen LogP contribution < -0.4 is 5.32 Å². The van der Waals surface area contributed by atoms with Crippen LogP contribution in [-0.2, 0) is 13.0 Å². The average Bonchev–Trinajstić information content (AvgIpc) is 2.66. The summed E-state index contributed by atoms with van der Waals surface area (Å²) in [6.45, 7) is 3.35. The topological polar surface area (TPSA) is 42.7 Å². The van der Waals surface area contributed by atoms with Crippen LogP contribution in [0, 0.1) is 0 Å². The van der Waals surface area contributed by atoms with Gasteiger partial charge in [-0.3, -0.25) is 0 Å². The lowest BCUT2D eigenvalue weighted by atomic mass is 10.1. The van der Waals surface area contributed by atoms with Crippen LogP contribution in [0.1, 0.15) is 51.3 Å². The maximum atomic E-state index is 4.35. The summed E-state index contributed by atoms with van der Waals surface area (Å²) in [5, 5.41) is 13.1. The molecule has 1 aromatic rings. The quantitative estimate of drug-likeness (QED) is 0.617. The Morgan fingerprint density at radius 2 is 2.16 bits per heavy atom. The summed E-state index contributed by atoms with van der Waals surface area (Å²) in [5.74, 6) is 2.36. The van der Waals surface area contributed by atoms with Gasteiger partial charge in [-0.25, -0.2) is 0 Å². The molecule has 0 saturated heterocycles. The van der Waals surface area contributed by atoms with Gasteiger partial charge in [0.1, 0.15) is 5.82 Å². The van der Waals surface area contributed by atoms with Crippen LogP contribution in [0.15, 0.2) is 5.16 Å². The molecule has 1 aromatic heterocycles. The lowest BCUT2D eigenvalue weighted by Gasteiger charge is -2.09. The van der Waals surface area contributed by atoms with Crippen LogP contribution in [-0.4, -0.2) is 33.6 Å². The SMILES string of the molecule is CNC(C)CCCCSc1nnc2n1CCCCC2. The Hall–Kier alpha value is -0.550. The molecule has 1 aliphatic rings. The van der Waals surface area contributed by atoms with Crippen LogP contribution >= 0.6 is 11.8 Å². The van der Waals surface area contributed by atoms with Crippen molar-refractivity contribution in [3.05, 3.63) is 5.82 Å². The Morgan fingerprint density at radius 3 is 3.00 bits per heavy atom. The van der Waals surface area contributed by atoms with Crippen molar-refractivity contribution in [1.82, 2.24) is 20.1 Å². The molecule has 0 aromatic carbocycles. The largest absolute Gasteiger partial charge is 0.317 e. The molecular weight excluding hydrogens is 256 g/mol. The standard InChI is InChI=1S/C14H26N4S/c1-12(15-2)8-5-7-11-19-14-17-16-13-9-4-3-6-10-18(13)14/h12,15H,3-11H2,1-2H3. The van der Waals surface area contributed by atoms with Gasteiger partial charge in [0.05, 0.1) is 0 Å². The summed E-state index contributed by atoms with van der Waals surface area (Å²) in [7, 11) is 2.03. The fraction of sp³-hybridized carbons (Fsp3) is 0.857. The highest BCUT2D eigenvalue weighted by atomic mass is 32.2. The van der Waals surface area contributed by atoms with Crippen molar-refractivity contribution in [1.29, 1.82) is 0 Å². The molecule has 0 fully saturated rings. The molecule has 1 unspecified atom stereocenters. The second-order valence-corrected chi connectivity index (χ2v) is 6.46. The van der Waals surface area contributed by atoms with Crippen LogP contribution in [0.25, 0.3) is 0 Å². The molecule has 0 amide bonds. The summed E-state index contributed by atoms with van der Waals surface area (Å²) in [6, 6.07) is 0.634. The third-order valence-corrected chi connectivity index (χ3v) is 4.88. The van der Waals surface area contributed by atoms with Gasteiger partial charge < -0.3 is 9.88 Å². The normalized spacial score (nSPS) is 16.9. The molecule has 1 atom stereocenters. The first-order valence-electron chi connectivity index (χ1n) is 7.53. The van der Waals surface area contributed by atoms with Gasteiger partial charge in [-0.15, -0.1) is 10.2 Å². The molecule has 19 heavy (non-hydrogen) atoms. The molecule has 0 radical (unpaired) electrons. The molecule has 5 heteroatoms. The van der Waals surface area contributed by atoms with E-state index in [9.17, 15) is 0 Å².